The van der Waals surface area contributed by atoms with Crippen molar-refractivity contribution in [3.05, 3.63) is 52.0 Å². The zero-order chi connectivity index (χ0) is 13.8. The lowest BCUT2D eigenvalue weighted by atomic mass is 10.2. The number of hydrogen-bond donors (Lipinski definition) is 2. The molecule has 0 radical (unpaired) electrons. The molecule has 0 fully saturated rings. The average Bonchev–Trinajstić information content (AvgIpc) is 2.40. The van der Waals surface area contributed by atoms with Gasteiger partial charge in [0, 0.05) is 24.1 Å². The molecule has 0 atom stereocenters. The summed E-state index contributed by atoms with van der Waals surface area (Å²) in [5.74, 6) is -1.39. The summed E-state index contributed by atoms with van der Waals surface area (Å²) in [7, 11) is 1.53. The molecule has 0 unspecified atom stereocenters. The van der Waals surface area contributed by atoms with Gasteiger partial charge in [-0.05, 0) is 17.7 Å². The molecule has 0 bridgehead atoms. The summed E-state index contributed by atoms with van der Waals surface area (Å²) < 4.78 is 27.7. The first kappa shape index (κ1) is 13.7. The highest BCUT2D eigenvalue weighted by Crippen LogP contribution is 2.19. The standard InChI is InChI=1S/C13H12BrF2N3/c1-17-12-10(15)6-11(16)13(19-12)18-7-8-2-4-9(14)5-3-8/h2-6H,7H2,1H3,(H2,17,18,19). The number of aromatic nitrogens is 1. The molecule has 0 saturated carbocycles. The Balaban J connectivity index is 2.13. The maximum atomic E-state index is 13.5. The van der Waals surface area contributed by atoms with Gasteiger partial charge in [-0.3, -0.25) is 0 Å². The van der Waals surface area contributed by atoms with Crippen LogP contribution < -0.4 is 10.6 Å². The number of benzene rings is 1. The SMILES string of the molecule is CNc1nc(NCc2ccc(Br)cc2)c(F)cc1F. The predicted octanol–water partition coefficient (Wildman–Crippen LogP) is 3.78. The van der Waals surface area contributed by atoms with Gasteiger partial charge in [0.2, 0.25) is 0 Å². The van der Waals surface area contributed by atoms with E-state index in [1.807, 2.05) is 24.3 Å². The van der Waals surface area contributed by atoms with Crippen molar-refractivity contribution in [2.24, 2.45) is 0 Å². The van der Waals surface area contributed by atoms with E-state index in [9.17, 15) is 8.78 Å². The number of pyridine rings is 1. The number of rotatable bonds is 4. The molecule has 0 amide bonds. The Labute approximate surface area is 118 Å². The summed E-state index contributed by atoms with van der Waals surface area (Å²) in [4.78, 5) is 3.84. The maximum absolute atomic E-state index is 13.5. The van der Waals surface area contributed by atoms with Gasteiger partial charge in [-0.15, -0.1) is 0 Å². The Hall–Kier alpha value is -1.69. The van der Waals surface area contributed by atoms with Crippen molar-refractivity contribution in [1.29, 1.82) is 0 Å². The van der Waals surface area contributed by atoms with Crippen molar-refractivity contribution in [3.8, 4) is 0 Å². The summed E-state index contributed by atoms with van der Waals surface area (Å²) in [6.07, 6.45) is 0. The van der Waals surface area contributed by atoms with Gasteiger partial charge in [-0.2, -0.15) is 0 Å². The minimum absolute atomic E-state index is 0.0136. The summed E-state index contributed by atoms with van der Waals surface area (Å²) in [6, 6.07) is 8.40. The van der Waals surface area contributed by atoms with E-state index in [4.69, 9.17) is 0 Å². The topological polar surface area (TPSA) is 37.0 Å². The first-order valence-corrected chi connectivity index (χ1v) is 6.41. The zero-order valence-corrected chi connectivity index (χ0v) is 11.8. The van der Waals surface area contributed by atoms with Crippen LogP contribution in [-0.4, -0.2) is 12.0 Å². The lowest BCUT2D eigenvalue weighted by molar-refractivity contribution is 0.578. The summed E-state index contributed by atoms with van der Waals surface area (Å²) in [5.41, 5.74) is 0.972. The Kier molecular flexibility index (Phi) is 4.31. The molecule has 0 aliphatic heterocycles. The normalized spacial score (nSPS) is 10.3. The van der Waals surface area contributed by atoms with Gasteiger partial charge < -0.3 is 10.6 Å². The van der Waals surface area contributed by atoms with Gasteiger partial charge in [0.1, 0.15) is 0 Å². The Morgan fingerprint density at radius 3 is 2.37 bits per heavy atom. The third kappa shape index (κ3) is 3.41. The quantitative estimate of drug-likeness (QED) is 0.897. The van der Waals surface area contributed by atoms with Gasteiger partial charge in [0.15, 0.2) is 23.3 Å². The fourth-order valence-electron chi connectivity index (χ4n) is 1.55. The molecule has 0 spiro atoms. The molecular formula is C13H12BrF2N3. The third-order valence-corrected chi connectivity index (χ3v) is 3.07. The molecule has 2 aromatic rings. The fourth-order valence-corrected chi connectivity index (χ4v) is 1.82. The van der Waals surface area contributed by atoms with Crippen LogP contribution in [0.4, 0.5) is 20.4 Å². The first-order valence-electron chi connectivity index (χ1n) is 5.62. The van der Waals surface area contributed by atoms with Crippen LogP contribution in [0.5, 0.6) is 0 Å². The van der Waals surface area contributed by atoms with E-state index in [1.165, 1.54) is 7.05 Å². The second-order valence-electron chi connectivity index (χ2n) is 3.88. The van der Waals surface area contributed by atoms with Crippen LogP contribution in [0.2, 0.25) is 0 Å². The van der Waals surface area contributed by atoms with E-state index in [2.05, 4.69) is 31.5 Å². The maximum Gasteiger partial charge on any atom is 0.168 e. The number of anilines is 2. The highest BCUT2D eigenvalue weighted by molar-refractivity contribution is 9.10. The molecule has 0 aliphatic carbocycles. The Bertz CT molecular complexity index is 573. The second-order valence-corrected chi connectivity index (χ2v) is 4.79. The Morgan fingerprint density at radius 1 is 1.11 bits per heavy atom. The molecule has 3 nitrogen and oxygen atoms in total. The van der Waals surface area contributed by atoms with Crippen molar-refractivity contribution < 1.29 is 8.78 Å². The van der Waals surface area contributed by atoms with E-state index in [0.29, 0.717) is 6.54 Å². The molecule has 19 heavy (non-hydrogen) atoms. The van der Waals surface area contributed by atoms with Gasteiger partial charge in [0.25, 0.3) is 0 Å². The van der Waals surface area contributed by atoms with Crippen LogP contribution in [0.25, 0.3) is 0 Å². The summed E-state index contributed by atoms with van der Waals surface area (Å²) in [5, 5.41) is 5.41. The highest BCUT2D eigenvalue weighted by atomic mass is 79.9. The summed E-state index contributed by atoms with van der Waals surface area (Å²) >= 11 is 3.34. The van der Waals surface area contributed by atoms with Crippen molar-refractivity contribution in [2.75, 3.05) is 17.7 Å². The average molecular weight is 328 g/mol. The Morgan fingerprint density at radius 2 is 1.74 bits per heavy atom. The van der Waals surface area contributed by atoms with Gasteiger partial charge in [-0.1, -0.05) is 28.1 Å². The van der Waals surface area contributed by atoms with Crippen LogP contribution in [0.3, 0.4) is 0 Å². The van der Waals surface area contributed by atoms with Crippen LogP contribution >= 0.6 is 15.9 Å². The molecule has 2 N–H and O–H groups in total. The summed E-state index contributed by atoms with van der Waals surface area (Å²) in [6.45, 7) is 0.409. The van der Waals surface area contributed by atoms with Gasteiger partial charge in [-0.25, -0.2) is 13.8 Å². The predicted molar refractivity (Wildman–Crippen MR) is 75.2 cm³/mol. The largest absolute Gasteiger partial charge is 0.371 e. The highest BCUT2D eigenvalue weighted by Gasteiger charge is 2.10. The van der Waals surface area contributed by atoms with Crippen LogP contribution in [0.1, 0.15) is 5.56 Å². The van der Waals surface area contributed by atoms with E-state index in [1.54, 1.807) is 0 Å². The van der Waals surface area contributed by atoms with E-state index < -0.39 is 11.6 Å². The lowest BCUT2D eigenvalue weighted by Crippen LogP contribution is -2.07. The molecule has 1 aromatic heterocycles. The third-order valence-electron chi connectivity index (χ3n) is 2.54. The number of halogens is 3. The molecule has 2 rings (SSSR count). The molecule has 1 aromatic carbocycles. The minimum Gasteiger partial charge on any atom is -0.371 e. The number of hydrogen-bond acceptors (Lipinski definition) is 3. The monoisotopic (exact) mass is 327 g/mol. The first-order chi connectivity index (χ1) is 9.10. The molecule has 6 heteroatoms. The molecular weight excluding hydrogens is 316 g/mol. The van der Waals surface area contributed by atoms with Crippen molar-refractivity contribution in [1.82, 2.24) is 4.98 Å². The smallest absolute Gasteiger partial charge is 0.168 e. The van der Waals surface area contributed by atoms with Crippen molar-refractivity contribution in [2.45, 2.75) is 6.54 Å². The number of nitrogens with zero attached hydrogens (tertiary/aromatic N) is 1. The van der Waals surface area contributed by atoms with Crippen LogP contribution in [0.15, 0.2) is 34.8 Å². The van der Waals surface area contributed by atoms with Gasteiger partial charge >= 0.3 is 0 Å². The van der Waals surface area contributed by atoms with Crippen molar-refractivity contribution >= 4 is 27.6 Å². The van der Waals surface area contributed by atoms with Gasteiger partial charge in [0.05, 0.1) is 0 Å². The zero-order valence-electron chi connectivity index (χ0n) is 10.2. The fraction of sp³-hybridized carbons (Fsp3) is 0.154. The molecule has 0 saturated heterocycles. The van der Waals surface area contributed by atoms with Crippen molar-refractivity contribution in [3.63, 3.8) is 0 Å². The van der Waals surface area contributed by atoms with E-state index in [0.717, 1.165) is 16.1 Å². The van der Waals surface area contributed by atoms with E-state index in [-0.39, 0.29) is 11.6 Å². The molecule has 100 valence electrons. The van der Waals surface area contributed by atoms with E-state index >= 15 is 0 Å². The lowest BCUT2D eigenvalue weighted by Gasteiger charge is -2.09. The second kappa shape index (κ2) is 5.97. The van der Waals surface area contributed by atoms with Crippen LogP contribution in [-0.2, 0) is 6.54 Å². The molecule has 1 heterocycles. The number of nitrogens with one attached hydrogen (secondary N) is 2. The molecule has 0 aliphatic rings. The minimum atomic E-state index is -0.714. The van der Waals surface area contributed by atoms with Crippen LogP contribution in [0, 0.1) is 11.6 Å².